The number of methoxy groups -OCH3 is 1. The van der Waals surface area contributed by atoms with Gasteiger partial charge in [0.15, 0.2) is 11.5 Å². The molecule has 4 nitrogen and oxygen atoms in total. The number of benzene rings is 2. The van der Waals surface area contributed by atoms with Gasteiger partial charge in [-0.05, 0) is 78.4 Å². The van der Waals surface area contributed by atoms with E-state index in [0.29, 0.717) is 13.2 Å². The molecular formula is C18H22INO3. The SMILES string of the molecule is CCOc1cc(CNc2ccc(OC)cc2)cc(I)c1OCC. The highest BCUT2D eigenvalue weighted by Gasteiger charge is 2.11. The number of hydrogen-bond donors (Lipinski definition) is 1. The van der Waals surface area contributed by atoms with Crippen LogP contribution >= 0.6 is 22.6 Å². The van der Waals surface area contributed by atoms with Gasteiger partial charge in [0.25, 0.3) is 0 Å². The zero-order valence-electron chi connectivity index (χ0n) is 13.7. The van der Waals surface area contributed by atoms with Crippen molar-refractivity contribution in [3.63, 3.8) is 0 Å². The molecule has 5 heteroatoms. The quantitative estimate of drug-likeness (QED) is 0.620. The van der Waals surface area contributed by atoms with Gasteiger partial charge in [-0.3, -0.25) is 0 Å². The van der Waals surface area contributed by atoms with Crippen LogP contribution in [0.2, 0.25) is 0 Å². The zero-order valence-corrected chi connectivity index (χ0v) is 15.8. The minimum atomic E-state index is 0.617. The summed E-state index contributed by atoms with van der Waals surface area (Å²) in [6.07, 6.45) is 0. The Balaban J connectivity index is 2.12. The Hall–Kier alpha value is -1.63. The highest BCUT2D eigenvalue weighted by atomic mass is 127. The zero-order chi connectivity index (χ0) is 16.7. The van der Waals surface area contributed by atoms with Crippen LogP contribution < -0.4 is 19.5 Å². The molecule has 0 atom stereocenters. The molecule has 124 valence electrons. The Bertz CT molecular complexity index is 629. The normalized spacial score (nSPS) is 10.3. The standard InChI is InChI=1S/C18H22INO3/c1-4-22-17-11-13(10-16(19)18(17)23-5-2)12-20-14-6-8-15(21-3)9-7-14/h6-11,20H,4-5,12H2,1-3H3. The highest BCUT2D eigenvalue weighted by Crippen LogP contribution is 2.34. The third kappa shape index (κ3) is 4.92. The van der Waals surface area contributed by atoms with Crippen LogP contribution in [-0.4, -0.2) is 20.3 Å². The monoisotopic (exact) mass is 427 g/mol. The third-order valence-electron chi connectivity index (χ3n) is 3.24. The van der Waals surface area contributed by atoms with E-state index in [-0.39, 0.29) is 0 Å². The molecule has 1 N–H and O–H groups in total. The van der Waals surface area contributed by atoms with Crippen LogP contribution in [0.15, 0.2) is 36.4 Å². The van der Waals surface area contributed by atoms with Gasteiger partial charge >= 0.3 is 0 Å². The van der Waals surface area contributed by atoms with E-state index in [2.05, 4.69) is 34.0 Å². The van der Waals surface area contributed by atoms with E-state index in [1.54, 1.807) is 7.11 Å². The number of rotatable bonds is 8. The fraction of sp³-hybridized carbons (Fsp3) is 0.333. The topological polar surface area (TPSA) is 39.7 Å². The minimum Gasteiger partial charge on any atom is -0.497 e. The average molecular weight is 427 g/mol. The van der Waals surface area contributed by atoms with Crippen LogP contribution in [0.4, 0.5) is 5.69 Å². The summed E-state index contributed by atoms with van der Waals surface area (Å²) in [5.74, 6) is 2.47. The average Bonchev–Trinajstić information content (AvgIpc) is 2.57. The molecule has 0 saturated carbocycles. The number of anilines is 1. The van der Waals surface area contributed by atoms with Crippen molar-refractivity contribution in [2.24, 2.45) is 0 Å². The number of ether oxygens (including phenoxy) is 3. The maximum Gasteiger partial charge on any atom is 0.174 e. The molecule has 2 aromatic carbocycles. The lowest BCUT2D eigenvalue weighted by molar-refractivity contribution is 0.286. The van der Waals surface area contributed by atoms with E-state index in [4.69, 9.17) is 14.2 Å². The molecule has 0 spiro atoms. The summed E-state index contributed by atoms with van der Waals surface area (Å²) in [5.41, 5.74) is 2.20. The van der Waals surface area contributed by atoms with Gasteiger partial charge in [-0.25, -0.2) is 0 Å². The van der Waals surface area contributed by atoms with Gasteiger partial charge in [-0.2, -0.15) is 0 Å². The summed E-state index contributed by atoms with van der Waals surface area (Å²) in [7, 11) is 1.67. The molecule has 0 radical (unpaired) electrons. The molecule has 0 aromatic heterocycles. The van der Waals surface area contributed by atoms with E-state index in [9.17, 15) is 0 Å². The Labute approximate surface area is 151 Å². The van der Waals surface area contributed by atoms with Crippen molar-refractivity contribution in [1.29, 1.82) is 0 Å². The molecule has 0 heterocycles. The van der Waals surface area contributed by atoms with Crippen LogP contribution in [0, 0.1) is 3.57 Å². The van der Waals surface area contributed by atoms with Crippen LogP contribution in [0.3, 0.4) is 0 Å². The molecule has 0 saturated heterocycles. The summed E-state index contributed by atoms with van der Waals surface area (Å²) >= 11 is 2.29. The van der Waals surface area contributed by atoms with Gasteiger partial charge in [-0.15, -0.1) is 0 Å². The Kier molecular flexibility index (Phi) is 6.83. The van der Waals surface area contributed by atoms with E-state index in [1.807, 2.05) is 44.2 Å². The first-order valence-corrected chi connectivity index (χ1v) is 8.71. The van der Waals surface area contributed by atoms with Crippen molar-refractivity contribution in [3.05, 3.63) is 45.5 Å². The predicted octanol–water partition coefficient (Wildman–Crippen LogP) is 4.71. The van der Waals surface area contributed by atoms with E-state index >= 15 is 0 Å². The smallest absolute Gasteiger partial charge is 0.174 e. The molecule has 0 aliphatic rings. The van der Waals surface area contributed by atoms with Gasteiger partial charge < -0.3 is 19.5 Å². The summed E-state index contributed by atoms with van der Waals surface area (Å²) in [4.78, 5) is 0. The van der Waals surface area contributed by atoms with E-state index in [0.717, 1.165) is 38.6 Å². The molecule has 0 aliphatic heterocycles. The molecule has 2 aromatic rings. The summed E-state index contributed by atoms with van der Waals surface area (Å²) in [6.45, 7) is 5.91. The third-order valence-corrected chi connectivity index (χ3v) is 4.05. The van der Waals surface area contributed by atoms with Crippen molar-refractivity contribution in [2.75, 3.05) is 25.6 Å². The first kappa shape index (κ1) is 17.7. The first-order chi connectivity index (χ1) is 11.2. The summed E-state index contributed by atoms with van der Waals surface area (Å²) in [6, 6.07) is 12.0. The second kappa shape index (κ2) is 8.86. The first-order valence-electron chi connectivity index (χ1n) is 7.63. The number of nitrogens with one attached hydrogen (secondary N) is 1. The Morgan fingerprint density at radius 3 is 2.30 bits per heavy atom. The molecular weight excluding hydrogens is 405 g/mol. The van der Waals surface area contributed by atoms with Crippen molar-refractivity contribution in [3.8, 4) is 17.2 Å². The Morgan fingerprint density at radius 1 is 1.00 bits per heavy atom. The molecule has 0 bridgehead atoms. The van der Waals surface area contributed by atoms with Gasteiger partial charge in [0, 0.05) is 12.2 Å². The molecule has 0 aliphatic carbocycles. The maximum absolute atomic E-state index is 5.72. The Morgan fingerprint density at radius 2 is 1.70 bits per heavy atom. The lowest BCUT2D eigenvalue weighted by Crippen LogP contribution is -2.04. The molecule has 2 rings (SSSR count). The van der Waals surface area contributed by atoms with Crippen LogP contribution in [0.1, 0.15) is 19.4 Å². The number of halogens is 1. The fourth-order valence-corrected chi connectivity index (χ4v) is 3.01. The van der Waals surface area contributed by atoms with Crippen LogP contribution in [-0.2, 0) is 6.54 Å². The van der Waals surface area contributed by atoms with Crippen LogP contribution in [0.25, 0.3) is 0 Å². The van der Waals surface area contributed by atoms with Crippen molar-refractivity contribution in [1.82, 2.24) is 0 Å². The van der Waals surface area contributed by atoms with Crippen molar-refractivity contribution < 1.29 is 14.2 Å². The highest BCUT2D eigenvalue weighted by molar-refractivity contribution is 14.1. The molecule has 0 unspecified atom stereocenters. The fourth-order valence-electron chi connectivity index (χ4n) is 2.18. The lowest BCUT2D eigenvalue weighted by Gasteiger charge is -2.15. The largest absolute Gasteiger partial charge is 0.497 e. The minimum absolute atomic E-state index is 0.617. The van der Waals surface area contributed by atoms with Crippen molar-refractivity contribution >= 4 is 28.3 Å². The van der Waals surface area contributed by atoms with Gasteiger partial charge in [0.05, 0.1) is 23.9 Å². The van der Waals surface area contributed by atoms with E-state index in [1.165, 1.54) is 0 Å². The van der Waals surface area contributed by atoms with Crippen LogP contribution in [0.5, 0.6) is 17.2 Å². The maximum atomic E-state index is 5.72. The second-order valence-corrected chi connectivity index (χ2v) is 6.02. The molecule has 0 amide bonds. The lowest BCUT2D eigenvalue weighted by atomic mass is 10.2. The molecule has 0 fully saturated rings. The van der Waals surface area contributed by atoms with Gasteiger partial charge in [-0.1, -0.05) is 0 Å². The van der Waals surface area contributed by atoms with Gasteiger partial charge in [0.2, 0.25) is 0 Å². The molecule has 23 heavy (non-hydrogen) atoms. The number of hydrogen-bond acceptors (Lipinski definition) is 4. The second-order valence-electron chi connectivity index (χ2n) is 4.85. The predicted molar refractivity (Wildman–Crippen MR) is 102 cm³/mol. The van der Waals surface area contributed by atoms with E-state index < -0.39 is 0 Å². The van der Waals surface area contributed by atoms with Crippen molar-refractivity contribution in [2.45, 2.75) is 20.4 Å². The van der Waals surface area contributed by atoms with Gasteiger partial charge in [0.1, 0.15) is 5.75 Å². The summed E-state index contributed by atoms with van der Waals surface area (Å²) in [5, 5.41) is 3.40. The summed E-state index contributed by atoms with van der Waals surface area (Å²) < 4.78 is 17.6.